The van der Waals surface area contributed by atoms with Gasteiger partial charge in [-0.1, -0.05) is 104 Å². The Morgan fingerprint density at radius 2 is 1.18 bits per heavy atom. The van der Waals surface area contributed by atoms with Crippen molar-refractivity contribution in [2.24, 2.45) is 5.92 Å². The monoisotopic (exact) mass is 480 g/mol. The summed E-state index contributed by atoms with van der Waals surface area (Å²) < 4.78 is 0. The molecule has 198 valence electrons. The molecule has 1 unspecified atom stereocenters. The van der Waals surface area contributed by atoms with Gasteiger partial charge in [-0.3, -0.25) is 14.4 Å². The summed E-state index contributed by atoms with van der Waals surface area (Å²) in [6.45, 7) is 4.46. The average Bonchev–Trinajstić information content (AvgIpc) is 2.81. The Kier molecular flexibility index (Phi) is 17.6. The molecular weight excluding hydrogens is 428 g/mol. The summed E-state index contributed by atoms with van der Waals surface area (Å²) in [5, 5.41) is 15.1. The summed E-state index contributed by atoms with van der Waals surface area (Å²) in [5.74, 6) is -0.986. The van der Waals surface area contributed by atoms with Gasteiger partial charge < -0.3 is 15.7 Å². The van der Waals surface area contributed by atoms with Crippen LogP contribution >= 0.6 is 0 Å². The van der Waals surface area contributed by atoms with Crippen LogP contribution in [0.15, 0.2) is 0 Å². The number of carboxylic acid groups (broad SMARTS) is 1. The minimum Gasteiger partial charge on any atom is -0.481 e. The van der Waals surface area contributed by atoms with E-state index in [0.29, 0.717) is 0 Å². The molecule has 6 heteroatoms. The zero-order valence-electron chi connectivity index (χ0n) is 22.0. The van der Waals surface area contributed by atoms with E-state index in [1.807, 2.05) is 0 Å². The van der Waals surface area contributed by atoms with E-state index in [1.165, 1.54) is 64.2 Å². The number of aliphatic carboxylic acids is 1. The van der Waals surface area contributed by atoms with Gasteiger partial charge in [0.15, 0.2) is 0 Å². The van der Waals surface area contributed by atoms with Crippen molar-refractivity contribution in [3.05, 3.63) is 0 Å². The lowest BCUT2D eigenvalue weighted by atomic mass is 9.88. The summed E-state index contributed by atoms with van der Waals surface area (Å²) in [6.07, 6.45) is 20.3. The van der Waals surface area contributed by atoms with Crippen molar-refractivity contribution in [3.8, 4) is 0 Å². The largest absolute Gasteiger partial charge is 0.481 e. The minimum atomic E-state index is -0.962. The van der Waals surface area contributed by atoms with E-state index in [2.05, 4.69) is 24.5 Å². The van der Waals surface area contributed by atoms with E-state index < -0.39 is 5.97 Å². The van der Waals surface area contributed by atoms with E-state index >= 15 is 0 Å². The average molecular weight is 481 g/mol. The molecule has 0 spiro atoms. The second-order valence-corrected chi connectivity index (χ2v) is 10.3. The molecule has 34 heavy (non-hydrogen) atoms. The Hall–Kier alpha value is -1.59. The van der Waals surface area contributed by atoms with Crippen LogP contribution in [0, 0.1) is 5.92 Å². The zero-order chi connectivity index (χ0) is 25.0. The van der Waals surface area contributed by atoms with Crippen LogP contribution < -0.4 is 10.6 Å². The fourth-order valence-corrected chi connectivity index (χ4v) is 5.03. The van der Waals surface area contributed by atoms with E-state index in [1.54, 1.807) is 0 Å². The normalized spacial score (nSPS) is 18.9. The van der Waals surface area contributed by atoms with Gasteiger partial charge in [-0.15, -0.1) is 0 Å². The number of rotatable bonds is 20. The van der Waals surface area contributed by atoms with Crippen molar-refractivity contribution in [3.63, 3.8) is 0 Å². The number of unbranched alkanes of at least 4 members (excludes halogenated alkanes) is 10. The number of hydrogen-bond donors (Lipinski definition) is 3. The zero-order valence-corrected chi connectivity index (χ0v) is 22.0. The van der Waals surface area contributed by atoms with Crippen molar-refractivity contribution in [1.82, 2.24) is 10.6 Å². The number of hydrogen-bond acceptors (Lipinski definition) is 3. The maximum absolute atomic E-state index is 13.3. The quantitative estimate of drug-likeness (QED) is 0.173. The molecule has 0 heterocycles. The molecule has 3 atom stereocenters. The molecule has 2 amide bonds. The van der Waals surface area contributed by atoms with E-state index in [9.17, 15) is 14.4 Å². The molecule has 1 saturated carbocycles. The first-order valence-corrected chi connectivity index (χ1v) is 14.3. The van der Waals surface area contributed by atoms with E-state index in [4.69, 9.17) is 5.11 Å². The summed E-state index contributed by atoms with van der Waals surface area (Å²) in [4.78, 5) is 36.2. The van der Waals surface area contributed by atoms with Gasteiger partial charge in [-0.2, -0.15) is 0 Å². The molecule has 1 aliphatic carbocycles. The van der Waals surface area contributed by atoms with E-state index in [0.717, 1.165) is 51.4 Å². The Bertz CT molecular complexity index is 567. The third-order valence-corrected chi connectivity index (χ3v) is 7.19. The molecule has 0 aromatic carbocycles. The van der Waals surface area contributed by atoms with Crippen LogP contribution in [-0.2, 0) is 14.4 Å². The highest BCUT2D eigenvalue weighted by Gasteiger charge is 2.29. The van der Waals surface area contributed by atoms with Crippen molar-refractivity contribution >= 4 is 17.8 Å². The highest BCUT2D eigenvalue weighted by Crippen LogP contribution is 2.23. The number of nitrogens with one attached hydrogen (secondary N) is 2. The minimum absolute atomic E-state index is 0.00879. The first-order chi connectivity index (χ1) is 16.5. The van der Waals surface area contributed by atoms with Crippen LogP contribution in [0.4, 0.5) is 0 Å². The smallest absolute Gasteiger partial charge is 0.303 e. The summed E-state index contributed by atoms with van der Waals surface area (Å²) in [7, 11) is 0. The number of carbonyl (C=O) groups excluding carboxylic acids is 2. The molecule has 1 fully saturated rings. The van der Waals surface area contributed by atoms with Crippen LogP contribution in [0.3, 0.4) is 0 Å². The van der Waals surface area contributed by atoms with Gasteiger partial charge in [0.1, 0.15) is 0 Å². The van der Waals surface area contributed by atoms with Gasteiger partial charge in [0.05, 0.1) is 6.42 Å². The first-order valence-electron chi connectivity index (χ1n) is 14.3. The lowest BCUT2D eigenvalue weighted by molar-refractivity contribution is -0.139. The number of carbonyl (C=O) groups is 3. The van der Waals surface area contributed by atoms with Gasteiger partial charge in [-0.05, 0) is 25.7 Å². The lowest BCUT2D eigenvalue weighted by Crippen LogP contribution is -2.54. The van der Waals surface area contributed by atoms with Crippen LogP contribution in [-0.4, -0.2) is 35.0 Å². The predicted molar refractivity (Wildman–Crippen MR) is 139 cm³/mol. The van der Waals surface area contributed by atoms with Gasteiger partial charge in [0.2, 0.25) is 11.8 Å². The van der Waals surface area contributed by atoms with Crippen LogP contribution in [0.2, 0.25) is 0 Å². The maximum Gasteiger partial charge on any atom is 0.303 e. The van der Waals surface area contributed by atoms with Crippen molar-refractivity contribution < 1.29 is 19.5 Å². The van der Waals surface area contributed by atoms with E-state index in [-0.39, 0.29) is 42.7 Å². The summed E-state index contributed by atoms with van der Waals surface area (Å²) in [6, 6.07) is -0.144. The summed E-state index contributed by atoms with van der Waals surface area (Å²) in [5.41, 5.74) is 0. The molecule has 0 saturated heterocycles. The van der Waals surface area contributed by atoms with Crippen molar-refractivity contribution in [1.29, 1.82) is 0 Å². The number of carboxylic acids is 1. The molecule has 1 aliphatic rings. The lowest BCUT2D eigenvalue weighted by Gasteiger charge is -2.34. The van der Waals surface area contributed by atoms with Gasteiger partial charge in [-0.25, -0.2) is 0 Å². The topological polar surface area (TPSA) is 95.5 Å². The highest BCUT2D eigenvalue weighted by molar-refractivity contribution is 5.81. The van der Waals surface area contributed by atoms with Gasteiger partial charge in [0, 0.05) is 24.4 Å². The Morgan fingerprint density at radius 1 is 0.706 bits per heavy atom. The maximum atomic E-state index is 13.3. The van der Waals surface area contributed by atoms with Crippen LogP contribution in [0.25, 0.3) is 0 Å². The molecule has 3 N–H and O–H groups in total. The second-order valence-electron chi connectivity index (χ2n) is 10.3. The Balaban J connectivity index is 2.56. The fraction of sp³-hybridized carbons (Fsp3) is 0.893. The molecule has 6 nitrogen and oxygen atoms in total. The fourth-order valence-electron chi connectivity index (χ4n) is 5.03. The third-order valence-electron chi connectivity index (χ3n) is 7.19. The third kappa shape index (κ3) is 14.6. The van der Waals surface area contributed by atoms with Gasteiger partial charge >= 0.3 is 5.97 Å². The van der Waals surface area contributed by atoms with Crippen molar-refractivity contribution in [2.45, 2.75) is 154 Å². The highest BCUT2D eigenvalue weighted by atomic mass is 16.4. The first kappa shape index (κ1) is 30.4. The molecule has 0 aliphatic heterocycles. The Morgan fingerprint density at radius 3 is 1.68 bits per heavy atom. The summed E-state index contributed by atoms with van der Waals surface area (Å²) >= 11 is 0. The molecular formula is C28H52N2O4. The van der Waals surface area contributed by atoms with Crippen LogP contribution in [0.1, 0.15) is 142 Å². The second kappa shape index (κ2) is 19.7. The SMILES string of the molecule is CCCCCCCCCC(CCCCCCC)C(=O)N[C@H]1CCCC[C@@H]1NC(=O)CCC(=O)O. The molecule has 0 radical (unpaired) electrons. The molecule has 0 aromatic rings. The van der Waals surface area contributed by atoms with Crippen LogP contribution in [0.5, 0.6) is 0 Å². The molecule has 0 aromatic heterocycles. The Labute approximate surface area is 208 Å². The standard InChI is InChI=1S/C28H52N2O4/c1-3-5-7-9-10-12-14-18-23(17-13-11-8-6-4-2)28(34)30-25-20-16-15-19-24(25)29-26(31)21-22-27(32)33/h23-25H,3-22H2,1-2H3,(H,29,31)(H,30,34)(H,32,33)/t23?,24-,25-/m0/s1. The number of amides is 2. The predicted octanol–water partition coefficient (Wildman–Crippen LogP) is 6.51. The molecule has 0 bridgehead atoms. The molecule has 1 rings (SSSR count). The van der Waals surface area contributed by atoms with Gasteiger partial charge in [0.25, 0.3) is 0 Å². The van der Waals surface area contributed by atoms with Crippen molar-refractivity contribution in [2.75, 3.05) is 0 Å².